The van der Waals surface area contributed by atoms with Gasteiger partial charge in [-0.1, -0.05) is 52.8 Å². The number of rotatable bonds is 7. The van der Waals surface area contributed by atoms with Crippen LogP contribution in [0.25, 0.3) is 22.9 Å². The van der Waals surface area contributed by atoms with E-state index < -0.39 is 0 Å². The molecule has 142 valence electrons. The molecule has 0 fully saturated rings. The highest BCUT2D eigenvalue weighted by Crippen LogP contribution is 2.32. The standard InChI is InChI=1S/C19H15ClN4O3S/c1-2-25-15-10-6-4-8-13(15)18-22-23-19(26-18)28-11-16-21-17(27-24-16)12-7-3-5-9-14(12)20/h3-10H,2,11H2,1H3. The molecule has 4 aromatic rings. The Balaban J connectivity index is 1.45. The maximum absolute atomic E-state index is 6.16. The zero-order valence-corrected chi connectivity index (χ0v) is 16.4. The third-order valence-electron chi connectivity index (χ3n) is 3.72. The molecular weight excluding hydrogens is 400 g/mol. The summed E-state index contributed by atoms with van der Waals surface area (Å²) in [4.78, 5) is 4.37. The summed E-state index contributed by atoms with van der Waals surface area (Å²) in [6.07, 6.45) is 0. The van der Waals surface area contributed by atoms with Crippen LogP contribution in [0.2, 0.25) is 5.02 Å². The molecule has 9 heteroatoms. The van der Waals surface area contributed by atoms with Gasteiger partial charge in [0.05, 0.1) is 28.5 Å². The molecule has 2 heterocycles. The largest absolute Gasteiger partial charge is 0.493 e. The molecule has 0 N–H and O–H groups in total. The van der Waals surface area contributed by atoms with Crippen LogP contribution < -0.4 is 4.74 Å². The normalized spacial score (nSPS) is 10.9. The third-order valence-corrected chi connectivity index (χ3v) is 4.86. The summed E-state index contributed by atoms with van der Waals surface area (Å²) in [5.74, 6) is 2.40. The Morgan fingerprint density at radius 2 is 1.79 bits per heavy atom. The lowest BCUT2D eigenvalue weighted by Crippen LogP contribution is -1.93. The van der Waals surface area contributed by atoms with Crippen molar-refractivity contribution in [2.75, 3.05) is 6.61 Å². The van der Waals surface area contributed by atoms with E-state index in [-0.39, 0.29) is 0 Å². The molecular formula is C19H15ClN4O3S. The van der Waals surface area contributed by atoms with Gasteiger partial charge in [-0.3, -0.25) is 0 Å². The van der Waals surface area contributed by atoms with Crippen molar-refractivity contribution in [3.8, 4) is 28.7 Å². The van der Waals surface area contributed by atoms with Crippen LogP contribution >= 0.6 is 23.4 Å². The second-order valence-corrected chi connectivity index (χ2v) is 6.92. The summed E-state index contributed by atoms with van der Waals surface area (Å²) in [6, 6.07) is 14.8. The fourth-order valence-corrected chi connectivity index (χ4v) is 3.31. The van der Waals surface area contributed by atoms with Gasteiger partial charge in [0.1, 0.15) is 5.75 Å². The molecule has 4 rings (SSSR count). The van der Waals surface area contributed by atoms with Gasteiger partial charge in [-0.15, -0.1) is 10.2 Å². The molecule has 0 radical (unpaired) electrons. The maximum atomic E-state index is 6.16. The third kappa shape index (κ3) is 4.02. The van der Waals surface area contributed by atoms with Crippen molar-refractivity contribution in [3.05, 3.63) is 59.4 Å². The van der Waals surface area contributed by atoms with Crippen molar-refractivity contribution >= 4 is 23.4 Å². The smallest absolute Gasteiger partial charge is 0.277 e. The van der Waals surface area contributed by atoms with E-state index >= 15 is 0 Å². The Morgan fingerprint density at radius 1 is 1.00 bits per heavy atom. The first-order chi connectivity index (χ1) is 13.7. The monoisotopic (exact) mass is 414 g/mol. The van der Waals surface area contributed by atoms with Crippen molar-refractivity contribution in [2.45, 2.75) is 17.9 Å². The summed E-state index contributed by atoms with van der Waals surface area (Å²) in [7, 11) is 0. The number of halogens is 1. The van der Waals surface area contributed by atoms with Crippen molar-refractivity contribution in [1.82, 2.24) is 20.3 Å². The Bertz CT molecular complexity index is 1080. The minimum absolute atomic E-state index is 0.373. The van der Waals surface area contributed by atoms with Crippen LogP contribution in [0.5, 0.6) is 5.75 Å². The highest BCUT2D eigenvalue weighted by molar-refractivity contribution is 7.98. The van der Waals surface area contributed by atoms with Crippen LogP contribution in [0, 0.1) is 0 Å². The van der Waals surface area contributed by atoms with E-state index in [4.69, 9.17) is 25.3 Å². The first kappa shape index (κ1) is 18.5. The van der Waals surface area contributed by atoms with Gasteiger partial charge in [0.15, 0.2) is 5.82 Å². The number of hydrogen-bond acceptors (Lipinski definition) is 8. The SMILES string of the molecule is CCOc1ccccc1-c1nnc(SCc2noc(-c3ccccc3Cl)n2)o1. The molecule has 0 saturated heterocycles. The van der Waals surface area contributed by atoms with Crippen molar-refractivity contribution in [2.24, 2.45) is 0 Å². The van der Waals surface area contributed by atoms with Gasteiger partial charge < -0.3 is 13.7 Å². The molecule has 0 atom stereocenters. The average Bonchev–Trinajstić information content (AvgIpc) is 3.37. The first-order valence-corrected chi connectivity index (χ1v) is 9.87. The number of thioether (sulfide) groups is 1. The van der Waals surface area contributed by atoms with Gasteiger partial charge in [0.2, 0.25) is 0 Å². The van der Waals surface area contributed by atoms with Gasteiger partial charge in [-0.05, 0) is 31.2 Å². The van der Waals surface area contributed by atoms with E-state index in [9.17, 15) is 0 Å². The lowest BCUT2D eigenvalue weighted by molar-refractivity contribution is 0.340. The average molecular weight is 415 g/mol. The van der Waals surface area contributed by atoms with Gasteiger partial charge in [-0.25, -0.2) is 0 Å². The predicted molar refractivity (Wildman–Crippen MR) is 105 cm³/mol. The predicted octanol–water partition coefficient (Wildman–Crippen LogP) is 5.13. The number of ether oxygens (including phenoxy) is 1. The van der Waals surface area contributed by atoms with Gasteiger partial charge in [-0.2, -0.15) is 4.98 Å². The van der Waals surface area contributed by atoms with Crippen molar-refractivity contribution < 1.29 is 13.7 Å². The van der Waals surface area contributed by atoms with E-state index in [2.05, 4.69) is 20.3 Å². The number of benzene rings is 2. The number of aromatic nitrogens is 4. The molecule has 28 heavy (non-hydrogen) atoms. The second kappa shape index (κ2) is 8.45. The molecule has 2 aromatic carbocycles. The molecule has 0 aliphatic rings. The highest BCUT2D eigenvalue weighted by atomic mass is 35.5. The second-order valence-electron chi connectivity index (χ2n) is 5.59. The minimum Gasteiger partial charge on any atom is -0.493 e. The van der Waals surface area contributed by atoms with Crippen molar-refractivity contribution in [3.63, 3.8) is 0 Å². The zero-order chi connectivity index (χ0) is 19.3. The molecule has 0 aliphatic carbocycles. The molecule has 0 aliphatic heterocycles. The summed E-state index contributed by atoms with van der Waals surface area (Å²) in [5.41, 5.74) is 1.45. The Morgan fingerprint density at radius 3 is 2.61 bits per heavy atom. The molecule has 0 saturated carbocycles. The lowest BCUT2D eigenvalue weighted by Gasteiger charge is -2.05. The van der Waals surface area contributed by atoms with Crippen LogP contribution in [0.15, 0.2) is 62.7 Å². The fraction of sp³-hybridized carbons (Fsp3) is 0.158. The van der Waals surface area contributed by atoms with E-state index in [1.165, 1.54) is 11.8 Å². The van der Waals surface area contributed by atoms with Crippen LogP contribution in [0.3, 0.4) is 0 Å². The number of para-hydroxylation sites is 1. The first-order valence-electron chi connectivity index (χ1n) is 8.50. The summed E-state index contributed by atoms with van der Waals surface area (Å²) in [5, 5.41) is 13.1. The molecule has 0 spiro atoms. The summed E-state index contributed by atoms with van der Waals surface area (Å²) in [6.45, 7) is 2.48. The highest BCUT2D eigenvalue weighted by Gasteiger charge is 2.16. The zero-order valence-electron chi connectivity index (χ0n) is 14.8. The van der Waals surface area contributed by atoms with E-state index in [1.807, 2.05) is 49.4 Å². The van der Waals surface area contributed by atoms with Gasteiger partial charge in [0.25, 0.3) is 17.0 Å². The van der Waals surface area contributed by atoms with Crippen LogP contribution in [-0.4, -0.2) is 26.9 Å². The van der Waals surface area contributed by atoms with Crippen LogP contribution in [0.4, 0.5) is 0 Å². The maximum Gasteiger partial charge on any atom is 0.277 e. The number of hydrogen-bond donors (Lipinski definition) is 0. The topological polar surface area (TPSA) is 87.1 Å². The van der Waals surface area contributed by atoms with Crippen molar-refractivity contribution in [1.29, 1.82) is 0 Å². The fourth-order valence-electron chi connectivity index (χ4n) is 2.48. The minimum atomic E-state index is 0.373. The summed E-state index contributed by atoms with van der Waals surface area (Å²) >= 11 is 7.48. The number of nitrogens with zero attached hydrogens (tertiary/aromatic N) is 4. The van der Waals surface area contributed by atoms with E-state index in [1.54, 1.807) is 6.07 Å². The lowest BCUT2D eigenvalue weighted by atomic mass is 10.2. The quantitative estimate of drug-likeness (QED) is 0.384. The van der Waals surface area contributed by atoms with Gasteiger partial charge >= 0.3 is 0 Å². The van der Waals surface area contributed by atoms with Crippen LogP contribution in [-0.2, 0) is 5.75 Å². The summed E-state index contributed by atoms with van der Waals surface area (Å²) < 4.78 is 16.6. The molecule has 0 bridgehead atoms. The van der Waals surface area contributed by atoms with Gasteiger partial charge in [0, 0.05) is 0 Å². The van der Waals surface area contributed by atoms with Crippen LogP contribution in [0.1, 0.15) is 12.7 Å². The van der Waals surface area contributed by atoms with E-state index in [0.29, 0.717) is 51.5 Å². The Kier molecular flexibility index (Phi) is 5.59. The molecule has 7 nitrogen and oxygen atoms in total. The van der Waals surface area contributed by atoms with E-state index in [0.717, 1.165) is 5.56 Å². The Hall–Kier alpha value is -2.84. The Labute approximate surface area is 170 Å². The molecule has 2 aromatic heterocycles. The molecule has 0 amide bonds. The molecule has 0 unspecified atom stereocenters.